The number of aliphatic hydroxyl groups excluding tert-OH is 1. The Morgan fingerprint density at radius 2 is 2.09 bits per heavy atom. The first kappa shape index (κ1) is 16.6. The number of nitrogens with one attached hydrogen (secondary N) is 1. The summed E-state index contributed by atoms with van der Waals surface area (Å²) in [4.78, 5) is 16.2. The molecule has 22 heavy (non-hydrogen) atoms. The number of hydrogen-bond donors (Lipinski definition) is 2. The Labute approximate surface area is 134 Å². The second-order valence-electron chi connectivity index (χ2n) is 5.24. The van der Waals surface area contributed by atoms with Crippen molar-refractivity contribution in [3.8, 4) is 0 Å². The van der Waals surface area contributed by atoms with Crippen molar-refractivity contribution >= 4 is 33.5 Å². The van der Waals surface area contributed by atoms with Gasteiger partial charge in [0.2, 0.25) is 5.91 Å². The Hall–Kier alpha value is -1.72. The zero-order valence-corrected chi connectivity index (χ0v) is 13.8. The number of carbonyl (C=O) groups is 1. The molecule has 118 valence electrons. The molecule has 2 rings (SSSR count). The fourth-order valence-electron chi connectivity index (χ4n) is 2.37. The third-order valence-corrected chi connectivity index (χ3v) is 4.77. The van der Waals surface area contributed by atoms with Gasteiger partial charge < -0.3 is 10.4 Å². The predicted octanol–water partition coefficient (Wildman–Crippen LogP) is 3.22. The molecule has 0 saturated heterocycles. The van der Waals surface area contributed by atoms with Crippen molar-refractivity contribution in [3.63, 3.8) is 0 Å². The highest BCUT2D eigenvalue weighted by atomic mass is 32.1. The quantitative estimate of drug-likeness (QED) is 0.771. The summed E-state index contributed by atoms with van der Waals surface area (Å²) in [5, 5.41) is 13.5. The van der Waals surface area contributed by atoms with E-state index in [9.17, 15) is 9.90 Å². The van der Waals surface area contributed by atoms with Gasteiger partial charge in [0, 0.05) is 12.6 Å². The highest BCUT2D eigenvalue weighted by Crippen LogP contribution is 2.22. The van der Waals surface area contributed by atoms with Crippen molar-refractivity contribution in [1.29, 1.82) is 0 Å². The van der Waals surface area contributed by atoms with E-state index in [4.69, 9.17) is 0 Å². The second kappa shape index (κ2) is 8.06. The number of nitrogens with zero attached hydrogens (tertiary/aromatic N) is 1. The first-order chi connectivity index (χ1) is 10.6. The van der Waals surface area contributed by atoms with Crippen molar-refractivity contribution < 1.29 is 9.90 Å². The molecule has 0 aliphatic rings. The fourth-order valence-corrected chi connectivity index (χ4v) is 3.24. The molecule has 0 radical (unpaired) electrons. The van der Waals surface area contributed by atoms with Crippen LogP contribution in [-0.2, 0) is 4.79 Å². The van der Waals surface area contributed by atoms with Gasteiger partial charge in [0.1, 0.15) is 5.01 Å². The summed E-state index contributed by atoms with van der Waals surface area (Å²) in [6.45, 7) is 4.38. The Balaban J connectivity index is 1.88. The van der Waals surface area contributed by atoms with Crippen LogP contribution in [0.1, 0.15) is 31.7 Å². The SMILES string of the molecule is CCC(CC)C(O)CNC(=O)/C=C/c1nc2ccccc2s1. The van der Waals surface area contributed by atoms with Crippen LogP contribution >= 0.6 is 11.3 Å². The Bertz CT molecular complexity index is 614. The molecule has 0 bridgehead atoms. The van der Waals surface area contributed by atoms with Crippen LogP contribution in [0.4, 0.5) is 0 Å². The maximum atomic E-state index is 11.8. The summed E-state index contributed by atoms with van der Waals surface area (Å²) < 4.78 is 1.10. The highest BCUT2D eigenvalue weighted by Gasteiger charge is 2.15. The molecule has 2 N–H and O–H groups in total. The molecular weight excluding hydrogens is 296 g/mol. The van der Waals surface area contributed by atoms with Crippen LogP contribution in [-0.4, -0.2) is 28.6 Å². The van der Waals surface area contributed by atoms with Gasteiger partial charge in [-0.15, -0.1) is 11.3 Å². The zero-order chi connectivity index (χ0) is 15.9. The molecule has 1 amide bonds. The van der Waals surface area contributed by atoms with Crippen molar-refractivity contribution in [2.45, 2.75) is 32.8 Å². The molecule has 0 spiro atoms. The van der Waals surface area contributed by atoms with Gasteiger partial charge in [0.25, 0.3) is 0 Å². The minimum Gasteiger partial charge on any atom is -0.391 e. The van der Waals surface area contributed by atoms with Gasteiger partial charge in [-0.1, -0.05) is 38.8 Å². The van der Waals surface area contributed by atoms with Crippen molar-refractivity contribution in [2.75, 3.05) is 6.54 Å². The fraction of sp³-hybridized carbons (Fsp3) is 0.412. The molecule has 4 nitrogen and oxygen atoms in total. The molecule has 1 aromatic heterocycles. The number of thiazole rings is 1. The smallest absolute Gasteiger partial charge is 0.244 e. The van der Waals surface area contributed by atoms with Gasteiger partial charge >= 0.3 is 0 Å². The van der Waals surface area contributed by atoms with E-state index in [1.165, 1.54) is 6.08 Å². The van der Waals surface area contributed by atoms with Gasteiger partial charge in [0.05, 0.1) is 16.3 Å². The standard InChI is InChI=1S/C17H22N2O2S/c1-3-12(4-2)14(20)11-18-16(21)9-10-17-19-13-7-5-6-8-15(13)22-17/h5-10,12,14,20H,3-4,11H2,1-2H3,(H,18,21)/b10-9+. The van der Waals surface area contributed by atoms with Gasteiger partial charge in [-0.3, -0.25) is 4.79 Å². The van der Waals surface area contributed by atoms with Gasteiger partial charge in [-0.05, 0) is 24.1 Å². The molecule has 1 atom stereocenters. The van der Waals surface area contributed by atoms with E-state index in [2.05, 4.69) is 10.3 Å². The average Bonchev–Trinajstić information content (AvgIpc) is 2.95. The maximum Gasteiger partial charge on any atom is 0.244 e. The molecule has 5 heteroatoms. The van der Waals surface area contributed by atoms with Crippen LogP contribution < -0.4 is 5.32 Å². The second-order valence-corrected chi connectivity index (χ2v) is 6.30. The third kappa shape index (κ3) is 4.39. The Kier molecular flexibility index (Phi) is 6.10. The molecule has 0 aliphatic carbocycles. The number of para-hydroxylation sites is 1. The molecule has 0 saturated carbocycles. The predicted molar refractivity (Wildman–Crippen MR) is 91.7 cm³/mol. The van der Waals surface area contributed by atoms with E-state index in [-0.39, 0.29) is 18.4 Å². The number of aliphatic hydroxyl groups is 1. The lowest BCUT2D eigenvalue weighted by Gasteiger charge is -2.19. The number of aromatic nitrogens is 1. The highest BCUT2D eigenvalue weighted by molar-refractivity contribution is 7.19. The van der Waals surface area contributed by atoms with Crippen LogP contribution in [0, 0.1) is 5.92 Å². The average molecular weight is 318 g/mol. The Morgan fingerprint density at radius 1 is 1.36 bits per heavy atom. The van der Waals surface area contributed by atoms with Crippen LogP contribution in [0.5, 0.6) is 0 Å². The summed E-state index contributed by atoms with van der Waals surface area (Å²) >= 11 is 1.55. The lowest BCUT2D eigenvalue weighted by Crippen LogP contribution is -2.35. The summed E-state index contributed by atoms with van der Waals surface area (Å²) in [7, 11) is 0. The number of carbonyl (C=O) groups excluding carboxylic acids is 1. The van der Waals surface area contributed by atoms with Crippen LogP contribution in [0.3, 0.4) is 0 Å². The molecule has 1 unspecified atom stereocenters. The summed E-state index contributed by atoms with van der Waals surface area (Å²) in [5.74, 6) is 0.0257. The van der Waals surface area contributed by atoms with Gasteiger partial charge in [0.15, 0.2) is 0 Å². The zero-order valence-electron chi connectivity index (χ0n) is 13.0. The van der Waals surface area contributed by atoms with E-state index < -0.39 is 6.10 Å². The lowest BCUT2D eigenvalue weighted by molar-refractivity contribution is -0.117. The number of fused-ring (bicyclic) bond motifs is 1. The summed E-state index contributed by atoms with van der Waals surface area (Å²) in [6, 6.07) is 7.88. The summed E-state index contributed by atoms with van der Waals surface area (Å²) in [6.07, 6.45) is 4.51. The number of benzene rings is 1. The van der Waals surface area contributed by atoms with Gasteiger partial charge in [-0.25, -0.2) is 4.98 Å². The number of amides is 1. The van der Waals surface area contributed by atoms with Crippen LogP contribution in [0.25, 0.3) is 16.3 Å². The largest absolute Gasteiger partial charge is 0.391 e. The van der Waals surface area contributed by atoms with Crippen molar-refractivity contribution in [3.05, 3.63) is 35.3 Å². The third-order valence-electron chi connectivity index (χ3n) is 3.77. The van der Waals surface area contributed by atoms with Crippen molar-refractivity contribution in [1.82, 2.24) is 10.3 Å². The van der Waals surface area contributed by atoms with E-state index in [0.717, 1.165) is 28.1 Å². The maximum absolute atomic E-state index is 11.8. The van der Waals surface area contributed by atoms with Crippen LogP contribution in [0.2, 0.25) is 0 Å². The minimum absolute atomic E-state index is 0.204. The number of rotatable bonds is 7. The minimum atomic E-state index is -0.491. The lowest BCUT2D eigenvalue weighted by atomic mass is 9.96. The van der Waals surface area contributed by atoms with E-state index in [1.807, 2.05) is 38.1 Å². The molecule has 0 fully saturated rings. The first-order valence-corrected chi connectivity index (χ1v) is 8.45. The molecule has 1 aromatic carbocycles. The first-order valence-electron chi connectivity index (χ1n) is 7.63. The van der Waals surface area contributed by atoms with E-state index >= 15 is 0 Å². The molecular formula is C17H22N2O2S. The van der Waals surface area contributed by atoms with E-state index in [1.54, 1.807) is 17.4 Å². The topological polar surface area (TPSA) is 62.2 Å². The van der Waals surface area contributed by atoms with E-state index in [0.29, 0.717) is 0 Å². The normalized spacial score (nSPS) is 13.1. The van der Waals surface area contributed by atoms with Crippen molar-refractivity contribution in [2.24, 2.45) is 5.92 Å². The van der Waals surface area contributed by atoms with Gasteiger partial charge in [-0.2, -0.15) is 0 Å². The van der Waals surface area contributed by atoms with Crippen LogP contribution in [0.15, 0.2) is 30.3 Å². The molecule has 1 heterocycles. The molecule has 2 aromatic rings. The number of hydrogen-bond acceptors (Lipinski definition) is 4. The molecule has 0 aliphatic heterocycles. The summed E-state index contributed by atoms with van der Waals surface area (Å²) in [5.41, 5.74) is 0.941. The Morgan fingerprint density at radius 3 is 2.77 bits per heavy atom. The monoisotopic (exact) mass is 318 g/mol.